The van der Waals surface area contributed by atoms with Gasteiger partial charge in [0.2, 0.25) is 0 Å². The van der Waals surface area contributed by atoms with Crippen molar-refractivity contribution in [2.75, 3.05) is 0 Å². The van der Waals surface area contributed by atoms with Crippen LogP contribution < -0.4 is 5.73 Å². The largest absolute Gasteiger partial charge is 0.390 e. The minimum absolute atomic E-state index is 0.537. The van der Waals surface area contributed by atoms with E-state index < -0.39 is 18.6 Å². The molecule has 0 saturated carbocycles. The monoisotopic (exact) mass is 217 g/mol. The molecular weight excluding hydrogens is 203 g/mol. The summed E-state index contributed by atoms with van der Waals surface area (Å²) in [4.78, 5) is 0. The smallest absolute Gasteiger partial charge is 0.324 e. The molecule has 0 heterocycles. The van der Waals surface area contributed by atoms with Gasteiger partial charge in [-0.3, -0.25) is 0 Å². The lowest BCUT2D eigenvalue weighted by Crippen LogP contribution is -2.20. The number of nitrogens with two attached hydrogens (primary N) is 1. The number of halogens is 3. The van der Waals surface area contributed by atoms with Gasteiger partial charge < -0.3 is 5.73 Å². The Balaban J connectivity index is 2.83. The van der Waals surface area contributed by atoms with Crippen molar-refractivity contribution in [3.8, 4) is 0 Å². The number of alkyl halides is 3. The molecule has 0 aliphatic carbocycles. The summed E-state index contributed by atoms with van der Waals surface area (Å²) in [6, 6.07) is 4.19. The molecule has 0 bridgehead atoms. The van der Waals surface area contributed by atoms with Gasteiger partial charge in [-0.05, 0) is 30.5 Å². The summed E-state index contributed by atoms with van der Waals surface area (Å²) in [5.74, 6) is 0. The van der Waals surface area contributed by atoms with E-state index in [1.165, 1.54) is 0 Å². The zero-order valence-corrected chi connectivity index (χ0v) is 8.73. The van der Waals surface area contributed by atoms with Gasteiger partial charge in [0.1, 0.15) is 0 Å². The average Bonchev–Trinajstić information content (AvgIpc) is 2.06. The summed E-state index contributed by atoms with van der Waals surface area (Å²) in [7, 11) is 0. The molecule has 1 aromatic carbocycles. The van der Waals surface area contributed by atoms with Gasteiger partial charge in [-0.25, -0.2) is 0 Å². The topological polar surface area (TPSA) is 26.0 Å². The van der Waals surface area contributed by atoms with E-state index in [1.807, 2.05) is 13.8 Å². The van der Waals surface area contributed by atoms with Crippen LogP contribution in [-0.4, -0.2) is 6.18 Å². The fraction of sp³-hybridized carbons (Fsp3) is 0.455. The third kappa shape index (κ3) is 3.55. The molecule has 0 aliphatic heterocycles. The van der Waals surface area contributed by atoms with Crippen molar-refractivity contribution in [1.82, 2.24) is 0 Å². The molecule has 1 nitrogen and oxygen atoms in total. The predicted molar refractivity (Wildman–Crippen MR) is 53.5 cm³/mol. The molecular formula is C11H14F3N. The number of benzene rings is 1. The standard InChI is InChI=1S/C11H14F3N/c1-7-3-4-9(5-8(7)2)10(15)6-11(12,13)14/h3-5,10H,6,15H2,1-2H3/t10-/m1/s1. The van der Waals surface area contributed by atoms with E-state index in [-0.39, 0.29) is 0 Å². The van der Waals surface area contributed by atoms with Crippen LogP contribution in [0.2, 0.25) is 0 Å². The molecule has 1 atom stereocenters. The molecule has 0 fully saturated rings. The fourth-order valence-electron chi connectivity index (χ4n) is 1.36. The van der Waals surface area contributed by atoms with E-state index in [9.17, 15) is 13.2 Å². The lowest BCUT2D eigenvalue weighted by molar-refractivity contribution is -0.138. The van der Waals surface area contributed by atoms with Crippen LogP contribution in [0.5, 0.6) is 0 Å². The van der Waals surface area contributed by atoms with Gasteiger partial charge >= 0.3 is 6.18 Å². The summed E-state index contributed by atoms with van der Waals surface area (Å²) in [6.45, 7) is 3.77. The predicted octanol–water partition coefficient (Wildman–Crippen LogP) is 3.26. The number of rotatable bonds is 2. The molecule has 4 heteroatoms. The highest BCUT2D eigenvalue weighted by atomic mass is 19.4. The lowest BCUT2D eigenvalue weighted by atomic mass is 9.99. The van der Waals surface area contributed by atoms with Gasteiger partial charge in [-0.2, -0.15) is 13.2 Å². The third-order valence-corrected chi connectivity index (χ3v) is 2.41. The lowest BCUT2D eigenvalue weighted by Gasteiger charge is -2.15. The maximum absolute atomic E-state index is 12.1. The van der Waals surface area contributed by atoms with Crippen molar-refractivity contribution < 1.29 is 13.2 Å². The van der Waals surface area contributed by atoms with Crippen LogP contribution in [0.4, 0.5) is 13.2 Å². The van der Waals surface area contributed by atoms with Crippen LogP contribution in [0.15, 0.2) is 18.2 Å². The summed E-state index contributed by atoms with van der Waals surface area (Å²) in [5, 5.41) is 0. The first kappa shape index (κ1) is 12.0. The second-order valence-corrected chi connectivity index (χ2v) is 3.77. The molecule has 0 saturated heterocycles. The second-order valence-electron chi connectivity index (χ2n) is 3.77. The third-order valence-electron chi connectivity index (χ3n) is 2.41. The van der Waals surface area contributed by atoms with Crippen molar-refractivity contribution in [1.29, 1.82) is 0 Å². The van der Waals surface area contributed by atoms with Gasteiger partial charge in [0, 0.05) is 6.04 Å². The van der Waals surface area contributed by atoms with Gasteiger partial charge in [0.25, 0.3) is 0 Å². The summed E-state index contributed by atoms with van der Waals surface area (Å²) >= 11 is 0. The summed E-state index contributed by atoms with van der Waals surface area (Å²) in [6.07, 6.45) is -5.19. The molecule has 0 aliphatic rings. The first-order valence-electron chi connectivity index (χ1n) is 4.69. The fourth-order valence-corrected chi connectivity index (χ4v) is 1.36. The Morgan fingerprint density at radius 2 is 1.80 bits per heavy atom. The van der Waals surface area contributed by atoms with E-state index in [0.717, 1.165) is 11.1 Å². The van der Waals surface area contributed by atoms with E-state index in [4.69, 9.17) is 5.73 Å². The van der Waals surface area contributed by atoms with Crippen LogP contribution in [0.25, 0.3) is 0 Å². The Kier molecular flexibility index (Phi) is 3.39. The van der Waals surface area contributed by atoms with Crippen LogP contribution in [-0.2, 0) is 0 Å². The van der Waals surface area contributed by atoms with Gasteiger partial charge in [0.15, 0.2) is 0 Å². The Morgan fingerprint density at radius 1 is 1.20 bits per heavy atom. The number of hydrogen-bond donors (Lipinski definition) is 1. The molecule has 84 valence electrons. The summed E-state index contributed by atoms with van der Waals surface area (Å²) < 4.78 is 36.3. The molecule has 0 spiro atoms. The Hall–Kier alpha value is -1.03. The van der Waals surface area contributed by atoms with Gasteiger partial charge in [-0.15, -0.1) is 0 Å². The van der Waals surface area contributed by atoms with Crippen LogP contribution in [0.3, 0.4) is 0 Å². The minimum atomic E-state index is -4.21. The molecule has 0 unspecified atom stereocenters. The molecule has 0 radical (unpaired) electrons. The molecule has 2 N–H and O–H groups in total. The van der Waals surface area contributed by atoms with Crippen molar-refractivity contribution in [3.05, 3.63) is 34.9 Å². The Labute approximate surface area is 87.1 Å². The second kappa shape index (κ2) is 4.23. The number of hydrogen-bond acceptors (Lipinski definition) is 1. The van der Waals surface area contributed by atoms with Crippen LogP contribution in [0, 0.1) is 13.8 Å². The van der Waals surface area contributed by atoms with Crippen LogP contribution in [0.1, 0.15) is 29.2 Å². The highest BCUT2D eigenvalue weighted by molar-refractivity contribution is 5.31. The zero-order chi connectivity index (χ0) is 11.6. The summed E-state index contributed by atoms with van der Waals surface area (Å²) in [5.41, 5.74) is 8.03. The Bertz CT molecular complexity index is 344. The Morgan fingerprint density at radius 3 is 2.27 bits per heavy atom. The minimum Gasteiger partial charge on any atom is -0.324 e. The van der Waals surface area contributed by atoms with E-state index >= 15 is 0 Å². The first-order valence-corrected chi connectivity index (χ1v) is 4.69. The first-order chi connectivity index (χ1) is 6.79. The molecule has 0 amide bonds. The van der Waals surface area contributed by atoms with Crippen molar-refractivity contribution in [2.45, 2.75) is 32.5 Å². The van der Waals surface area contributed by atoms with Gasteiger partial charge in [0.05, 0.1) is 6.42 Å². The normalized spacial score (nSPS) is 14.0. The highest BCUT2D eigenvalue weighted by Crippen LogP contribution is 2.28. The number of aryl methyl sites for hydroxylation is 2. The van der Waals surface area contributed by atoms with Crippen molar-refractivity contribution >= 4 is 0 Å². The molecule has 0 aromatic heterocycles. The van der Waals surface area contributed by atoms with Crippen LogP contribution >= 0.6 is 0 Å². The van der Waals surface area contributed by atoms with Crippen molar-refractivity contribution in [2.24, 2.45) is 5.73 Å². The highest BCUT2D eigenvalue weighted by Gasteiger charge is 2.30. The van der Waals surface area contributed by atoms with E-state index in [0.29, 0.717) is 5.56 Å². The van der Waals surface area contributed by atoms with E-state index in [2.05, 4.69) is 0 Å². The van der Waals surface area contributed by atoms with Crippen molar-refractivity contribution in [3.63, 3.8) is 0 Å². The molecule has 15 heavy (non-hydrogen) atoms. The maximum Gasteiger partial charge on any atom is 0.390 e. The maximum atomic E-state index is 12.1. The molecule has 1 aromatic rings. The van der Waals surface area contributed by atoms with E-state index in [1.54, 1.807) is 18.2 Å². The quantitative estimate of drug-likeness (QED) is 0.808. The van der Waals surface area contributed by atoms with Gasteiger partial charge in [-0.1, -0.05) is 18.2 Å². The zero-order valence-electron chi connectivity index (χ0n) is 8.73. The average molecular weight is 217 g/mol. The SMILES string of the molecule is Cc1ccc([C@H](N)CC(F)(F)F)cc1C. The molecule has 1 rings (SSSR count).